The number of methoxy groups -OCH3 is 1. The van der Waals surface area contributed by atoms with E-state index in [4.69, 9.17) is 18.6 Å². The summed E-state index contributed by atoms with van der Waals surface area (Å²) in [4.78, 5) is 4.41. The zero-order valence-electron chi connectivity index (χ0n) is 18.6. The Kier molecular flexibility index (Phi) is 5.62. The highest BCUT2D eigenvalue weighted by molar-refractivity contribution is 7.91. The van der Waals surface area contributed by atoms with Crippen LogP contribution in [0.15, 0.2) is 81.1 Å². The Morgan fingerprint density at radius 1 is 0.941 bits per heavy atom. The molecule has 4 aromatic rings. The minimum absolute atomic E-state index is 0.000326. The number of aryl methyl sites for hydroxylation is 1. The highest BCUT2D eigenvalue weighted by atomic mass is 32.2. The van der Waals surface area contributed by atoms with E-state index in [0.717, 1.165) is 5.56 Å². The third kappa shape index (κ3) is 4.06. The van der Waals surface area contributed by atoms with Gasteiger partial charge in [0.05, 0.1) is 17.6 Å². The molecule has 5 rings (SSSR count). The number of sulfone groups is 1. The number of nitrogens with one attached hydrogen (secondary N) is 1. The number of para-hydroxylation sites is 1. The highest BCUT2D eigenvalue weighted by Gasteiger charge is 2.31. The Labute approximate surface area is 197 Å². The molecule has 0 fully saturated rings. The van der Waals surface area contributed by atoms with Gasteiger partial charge in [-0.2, -0.15) is 4.98 Å². The molecule has 1 N–H and O–H groups in total. The number of anilines is 2. The van der Waals surface area contributed by atoms with Gasteiger partial charge in [-0.1, -0.05) is 29.8 Å². The van der Waals surface area contributed by atoms with Gasteiger partial charge in [-0.3, -0.25) is 0 Å². The molecular formula is C25H22N2O6S. The van der Waals surface area contributed by atoms with Crippen molar-refractivity contribution in [3.63, 3.8) is 0 Å². The molecule has 0 spiro atoms. The highest BCUT2D eigenvalue weighted by Crippen LogP contribution is 2.39. The van der Waals surface area contributed by atoms with Crippen molar-refractivity contribution in [1.29, 1.82) is 0 Å². The number of oxazole rings is 1. The normalized spacial score (nSPS) is 12.9. The fraction of sp³-hybridized carbons (Fsp3) is 0.160. The van der Waals surface area contributed by atoms with Crippen LogP contribution < -0.4 is 19.5 Å². The van der Waals surface area contributed by atoms with E-state index in [2.05, 4.69) is 10.3 Å². The number of benzene rings is 3. The van der Waals surface area contributed by atoms with Gasteiger partial charge in [-0.05, 0) is 43.3 Å². The number of aromatic nitrogens is 1. The average molecular weight is 479 g/mol. The van der Waals surface area contributed by atoms with E-state index >= 15 is 0 Å². The molecule has 8 nitrogen and oxygen atoms in total. The van der Waals surface area contributed by atoms with Crippen molar-refractivity contribution < 1.29 is 27.0 Å². The molecule has 0 radical (unpaired) electrons. The molecule has 0 amide bonds. The molecule has 0 saturated heterocycles. The molecule has 0 unspecified atom stereocenters. The third-order valence-corrected chi connectivity index (χ3v) is 6.98. The molecule has 0 aliphatic carbocycles. The summed E-state index contributed by atoms with van der Waals surface area (Å²) < 4.78 is 49.8. The van der Waals surface area contributed by atoms with Crippen molar-refractivity contribution in [2.75, 3.05) is 25.6 Å². The van der Waals surface area contributed by atoms with E-state index in [1.807, 2.05) is 37.3 Å². The van der Waals surface area contributed by atoms with Gasteiger partial charge in [0.25, 0.3) is 0 Å². The van der Waals surface area contributed by atoms with Crippen LogP contribution >= 0.6 is 0 Å². The van der Waals surface area contributed by atoms with Crippen molar-refractivity contribution in [2.24, 2.45) is 0 Å². The Morgan fingerprint density at radius 2 is 1.68 bits per heavy atom. The zero-order chi connectivity index (χ0) is 23.7. The fourth-order valence-corrected chi connectivity index (χ4v) is 4.85. The summed E-state index contributed by atoms with van der Waals surface area (Å²) >= 11 is 0. The van der Waals surface area contributed by atoms with E-state index in [1.54, 1.807) is 24.3 Å². The smallest absolute Gasteiger partial charge is 0.238 e. The molecule has 1 aliphatic rings. The topological polar surface area (TPSA) is 99.9 Å². The van der Waals surface area contributed by atoms with Crippen LogP contribution in [0.4, 0.5) is 11.6 Å². The number of rotatable bonds is 6. The molecule has 9 heteroatoms. The number of ether oxygens (including phenoxy) is 3. The van der Waals surface area contributed by atoms with E-state index in [9.17, 15) is 8.42 Å². The van der Waals surface area contributed by atoms with Gasteiger partial charge in [0.2, 0.25) is 26.6 Å². The van der Waals surface area contributed by atoms with Crippen molar-refractivity contribution in [3.05, 3.63) is 72.3 Å². The molecule has 174 valence electrons. The molecular weight excluding hydrogens is 456 g/mol. The van der Waals surface area contributed by atoms with Gasteiger partial charge in [0.15, 0.2) is 11.5 Å². The van der Waals surface area contributed by atoms with Crippen molar-refractivity contribution in [3.8, 4) is 28.7 Å². The Bertz CT molecular complexity index is 1440. The summed E-state index contributed by atoms with van der Waals surface area (Å²) in [7, 11) is -2.55. The Morgan fingerprint density at radius 3 is 2.44 bits per heavy atom. The van der Waals surface area contributed by atoms with Crippen LogP contribution in [0.3, 0.4) is 0 Å². The van der Waals surface area contributed by atoms with Gasteiger partial charge < -0.3 is 23.9 Å². The summed E-state index contributed by atoms with van der Waals surface area (Å²) in [6.45, 7) is 2.73. The second-order valence-corrected chi connectivity index (χ2v) is 9.52. The molecule has 0 atom stereocenters. The van der Waals surface area contributed by atoms with E-state index in [0.29, 0.717) is 41.7 Å². The number of fused-ring (bicyclic) bond motifs is 1. The minimum atomic E-state index is -4.08. The third-order valence-electron chi connectivity index (χ3n) is 5.32. The quantitative estimate of drug-likeness (QED) is 0.413. The Hall–Kier alpha value is -3.98. The van der Waals surface area contributed by atoms with Gasteiger partial charge in [-0.15, -0.1) is 0 Å². The van der Waals surface area contributed by atoms with Crippen molar-refractivity contribution >= 4 is 21.4 Å². The maximum Gasteiger partial charge on any atom is 0.238 e. The molecule has 2 heterocycles. The van der Waals surface area contributed by atoms with E-state index in [1.165, 1.54) is 19.2 Å². The van der Waals surface area contributed by atoms with Gasteiger partial charge >= 0.3 is 0 Å². The van der Waals surface area contributed by atoms with Gasteiger partial charge in [0, 0.05) is 11.8 Å². The van der Waals surface area contributed by atoms with Crippen LogP contribution in [0.1, 0.15) is 5.56 Å². The zero-order valence-corrected chi connectivity index (χ0v) is 19.4. The number of hydrogen-bond acceptors (Lipinski definition) is 8. The predicted molar refractivity (Wildman–Crippen MR) is 126 cm³/mol. The van der Waals surface area contributed by atoms with Crippen LogP contribution in [0, 0.1) is 6.92 Å². The molecule has 34 heavy (non-hydrogen) atoms. The summed E-state index contributed by atoms with van der Waals surface area (Å²) in [6.07, 6.45) is 0. The summed E-state index contributed by atoms with van der Waals surface area (Å²) in [5, 5.41) is 2.82. The van der Waals surface area contributed by atoms with E-state index in [-0.39, 0.29) is 21.7 Å². The van der Waals surface area contributed by atoms with Crippen LogP contribution in [0.2, 0.25) is 0 Å². The second kappa shape index (κ2) is 8.75. The molecule has 1 aromatic heterocycles. The van der Waals surface area contributed by atoms with Crippen molar-refractivity contribution in [1.82, 2.24) is 4.98 Å². The summed E-state index contributed by atoms with van der Waals surface area (Å²) in [6, 6.07) is 19.1. The van der Waals surface area contributed by atoms with Crippen LogP contribution in [-0.4, -0.2) is 33.7 Å². The number of hydrogen-bond donors (Lipinski definition) is 1. The van der Waals surface area contributed by atoms with Crippen LogP contribution in [0.25, 0.3) is 11.5 Å². The van der Waals surface area contributed by atoms with Gasteiger partial charge in [-0.25, -0.2) is 8.42 Å². The summed E-state index contributed by atoms with van der Waals surface area (Å²) in [5.41, 5.74) is 2.26. The lowest BCUT2D eigenvalue weighted by atomic mass is 10.2. The minimum Gasteiger partial charge on any atom is -0.496 e. The molecule has 3 aromatic carbocycles. The fourth-order valence-electron chi connectivity index (χ4n) is 3.57. The van der Waals surface area contributed by atoms with Crippen LogP contribution in [0.5, 0.6) is 17.2 Å². The number of nitrogens with zero attached hydrogens (tertiary/aromatic N) is 1. The van der Waals surface area contributed by atoms with Crippen molar-refractivity contribution in [2.45, 2.75) is 16.8 Å². The maximum absolute atomic E-state index is 13.7. The lowest BCUT2D eigenvalue weighted by Gasteiger charge is -2.18. The average Bonchev–Trinajstić information content (AvgIpc) is 3.29. The first-order valence-electron chi connectivity index (χ1n) is 10.6. The lowest BCUT2D eigenvalue weighted by molar-refractivity contribution is 0.171. The summed E-state index contributed by atoms with van der Waals surface area (Å²) in [5.74, 6) is 1.49. The van der Waals surface area contributed by atoms with Gasteiger partial charge in [0.1, 0.15) is 19.0 Å². The second-order valence-electron chi connectivity index (χ2n) is 7.65. The standard InChI is InChI=1S/C25H22N2O6S/c1-16-7-9-17(10-8-16)26-24-25(27-23(33-24)19-5-3-4-6-20(19)30-2)34(28,29)18-11-12-21-22(15-18)32-14-13-31-21/h3-12,15,26H,13-14H2,1-2H3. The molecule has 1 aliphatic heterocycles. The van der Waals surface area contributed by atoms with E-state index < -0.39 is 9.84 Å². The predicted octanol–water partition coefficient (Wildman–Crippen LogP) is 5.01. The van der Waals surface area contributed by atoms with Crippen LogP contribution in [-0.2, 0) is 9.84 Å². The molecule has 0 saturated carbocycles. The monoisotopic (exact) mass is 478 g/mol. The Balaban J connectivity index is 1.63. The molecule has 0 bridgehead atoms. The first-order chi connectivity index (χ1) is 16.5. The SMILES string of the molecule is COc1ccccc1-c1nc(S(=O)(=O)c2ccc3c(c2)OCCO3)c(Nc2ccc(C)cc2)o1. The maximum atomic E-state index is 13.7. The largest absolute Gasteiger partial charge is 0.496 e. The first-order valence-corrected chi connectivity index (χ1v) is 12.1. The lowest BCUT2D eigenvalue weighted by Crippen LogP contribution is -2.16. The first kappa shape index (κ1) is 21.8.